The molecule has 0 aromatic heterocycles. The molecule has 2 N–H and O–H groups in total. The summed E-state index contributed by atoms with van der Waals surface area (Å²) in [7, 11) is 0. The van der Waals surface area contributed by atoms with Gasteiger partial charge in [-0.3, -0.25) is 9.59 Å². The summed E-state index contributed by atoms with van der Waals surface area (Å²) in [6, 6.07) is 3.25. The number of carbonyl (C=O) groups excluding carboxylic acids is 2. The van der Waals surface area contributed by atoms with Crippen LogP contribution in [0.5, 0.6) is 0 Å². The van der Waals surface area contributed by atoms with Gasteiger partial charge in [0.2, 0.25) is 5.91 Å². The molecule has 172 valence electrons. The quantitative estimate of drug-likeness (QED) is 0.700. The van der Waals surface area contributed by atoms with Crippen molar-refractivity contribution in [3.63, 3.8) is 0 Å². The van der Waals surface area contributed by atoms with Crippen molar-refractivity contribution in [3.8, 4) is 0 Å². The summed E-state index contributed by atoms with van der Waals surface area (Å²) in [4.78, 5) is 30.2. The van der Waals surface area contributed by atoms with Crippen LogP contribution in [0.25, 0.3) is 0 Å². The molecule has 0 radical (unpaired) electrons. The molecular formula is C24H29F2N3O3. The second kappa shape index (κ2) is 8.22. The van der Waals surface area contributed by atoms with Crippen molar-refractivity contribution in [1.29, 1.82) is 0 Å². The van der Waals surface area contributed by atoms with Crippen molar-refractivity contribution in [2.45, 2.75) is 59.0 Å². The molecule has 2 amide bonds. The first-order chi connectivity index (χ1) is 15.2. The van der Waals surface area contributed by atoms with E-state index in [1.54, 1.807) is 11.8 Å². The lowest BCUT2D eigenvalue weighted by Crippen LogP contribution is -2.55. The van der Waals surface area contributed by atoms with Gasteiger partial charge in [-0.05, 0) is 39.2 Å². The summed E-state index contributed by atoms with van der Waals surface area (Å²) in [5, 5.41) is 14.1. The van der Waals surface area contributed by atoms with Crippen LogP contribution in [0.3, 0.4) is 0 Å². The highest BCUT2D eigenvalue weighted by atomic mass is 19.1. The molecule has 3 aliphatic heterocycles. The van der Waals surface area contributed by atoms with E-state index in [1.165, 1.54) is 6.07 Å². The largest absolute Gasteiger partial charge is 0.509 e. The standard InChI is InChI=1S/C24H29F2N3O3/c1-4-10-24(3)19(22(31)27-12-14-6-7-15(25)11-17(14)26)18-9-8-16-13-28(5-2)23(32)20(21(24)30)29(16)18/h6-7,11,16,30H,4-5,8-10,12-13H2,1-3H3,(H,27,31). The monoisotopic (exact) mass is 445 g/mol. The van der Waals surface area contributed by atoms with Gasteiger partial charge in [-0.25, -0.2) is 8.78 Å². The Morgan fingerprint density at radius 1 is 1.31 bits per heavy atom. The Bertz CT molecular complexity index is 1040. The van der Waals surface area contributed by atoms with Crippen LogP contribution in [-0.4, -0.2) is 45.9 Å². The highest BCUT2D eigenvalue weighted by Gasteiger charge is 2.53. The summed E-state index contributed by atoms with van der Waals surface area (Å²) in [6.07, 6.45) is 2.58. The summed E-state index contributed by atoms with van der Waals surface area (Å²) in [5.41, 5.74) is 0.633. The molecule has 0 saturated carbocycles. The fourth-order valence-corrected chi connectivity index (χ4v) is 5.34. The number of likely N-dealkylation sites (N-methyl/N-ethyl adjacent to an activating group) is 1. The molecule has 2 unspecified atom stereocenters. The van der Waals surface area contributed by atoms with Gasteiger partial charge < -0.3 is 20.2 Å². The first-order valence-electron chi connectivity index (χ1n) is 11.2. The highest BCUT2D eigenvalue weighted by molar-refractivity contribution is 6.00. The number of aliphatic hydroxyl groups is 1. The van der Waals surface area contributed by atoms with E-state index in [1.807, 2.05) is 18.7 Å². The molecule has 1 aromatic rings. The predicted molar refractivity (Wildman–Crippen MR) is 115 cm³/mol. The zero-order valence-electron chi connectivity index (χ0n) is 18.7. The van der Waals surface area contributed by atoms with Gasteiger partial charge >= 0.3 is 0 Å². The maximum absolute atomic E-state index is 14.1. The fourth-order valence-electron chi connectivity index (χ4n) is 5.34. The molecule has 32 heavy (non-hydrogen) atoms. The minimum atomic E-state index is -1.03. The van der Waals surface area contributed by atoms with Crippen LogP contribution in [0, 0.1) is 17.0 Å². The van der Waals surface area contributed by atoms with Crippen molar-refractivity contribution in [1.82, 2.24) is 15.1 Å². The number of piperazine rings is 1. The lowest BCUT2D eigenvalue weighted by Gasteiger charge is -2.47. The van der Waals surface area contributed by atoms with E-state index < -0.39 is 23.0 Å². The Hall–Kier alpha value is -2.90. The first kappa shape index (κ1) is 22.3. The average molecular weight is 446 g/mol. The number of amides is 2. The molecule has 8 heteroatoms. The van der Waals surface area contributed by atoms with Gasteiger partial charge in [-0.15, -0.1) is 0 Å². The number of aliphatic hydroxyl groups excluding tert-OH is 1. The Kier molecular flexibility index (Phi) is 5.73. The maximum atomic E-state index is 14.1. The zero-order chi connectivity index (χ0) is 23.2. The lowest BCUT2D eigenvalue weighted by atomic mass is 9.72. The molecule has 0 bridgehead atoms. The topological polar surface area (TPSA) is 72.9 Å². The Morgan fingerprint density at radius 3 is 2.72 bits per heavy atom. The molecule has 0 spiro atoms. The number of hydrogen-bond acceptors (Lipinski definition) is 4. The number of rotatable bonds is 6. The molecule has 6 nitrogen and oxygen atoms in total. The Labute approximate surface area is 186 Å². The smallest absolute Gasteiger partial charge is 0.274 e. The molecular weight excluding hydrogens is 416 g/mol. The molecule has 3 heterocycles. The molecule has 1 aromatic carbocycles. The van der Waals surface area contributed by atoms with Crippen LogP contribution in [0.15, 0.2) is 40.9 Å². The van der Waals surface area contributed by atoms with E-state index in [-0.39, 0.29) is 35.5 Å². The molecule has 0 aliphatic carbocycles. The Morgan fingerprint density at radius 2 is 2.06 bits per heavy atom. The number of nitrogens with zero attached hydrogens (tertiary/aromatic N) is 2. The van der Waals surface area contributed by atoms with Crippen molar-refractivity contribution < 1.29 is 23.5 Å². The minimum absolute atomic E-state index is 0.0170. The van der Waals surface area contributed by atoms with Gasteiger partial charge in [-0.2, -0.15) is 0 Å². The minimum Gasteiger partial charge on any atom is -0.509 e. The van der Waals surface area contributed by atoms with Crippen molar-refractivity contribution in [2.75, 3.05) is 13.1 Å². The first-order valence-corrected chi connectivity index (χ1v) is 11.2. The number of halogens is 2. The van der Waals surface area contributed by atoms with E-state index in [0.717, 1.165) is 24.3 Å². The van der Waals surface area contributed by atoms with Gasteiger partial charge in [0.1, 0.15) is 23.1 Å². The third kappa shape index (κ3) is 3.36. The van der Waals surface area contributed by atoms with Crippen LogP contribution in [0.1, 0.15) is 52.0 Å². The van der Waals surface area contributed by atoms with E-state index in [2.05, 4.69) is 5.32 Å². The predicted octanol–water partition coefficient (Wildman–Crippen LogP) is 3.75. The second-order valence-corrected chi connectivity index (χ2v) is 8.93. The van der Waals surface area contributed by atoms with Crippen LogP contribution in [-0.2, 0) is 16.1 Å². The third-order valence-electron chi connectivity index (χ3n) is 6.93. The average Bonchev–Trinajstić information content (AvgIpc) is 3.15. The summed E-state index contributed by atoms with van der Waals surface area (Å²) in [6.45, 7) is 6.67. The SMILES string of the molecule is CCCC1(C)C(O)=C2C(=O)N(CC)CC3CCC(=C1C(=O)NCc1ccc(F)cc1F)N23. The second-order valence-electron chi connectivity index (χ2n) is 8.93. The number of nitrogens with one attached hydrogen (secondary N) is 1. The van der Waals surface area contributed by atoms with Gasteiger partial charge in [-0.1, -0.05) is 19.4 Å². The van der Waals surface area contributed by atoms with E-state index in [0.29, 0.717) is 37.9 Å². The molecule has 2 atom stereocenters. The van der Waals surface area contributed by atoms with Gasteiger partial charge in [0.25, 0.3) is 5.91 Å². The number of benzene rings is 1. The fraction of sp³-hybridized carbons (Fsp3) is 0.500. The normalized spacial score (nSPS) is 24.9. The molecule has 3 aliphatic rings. The third-order valence-corrected chi connectivity index (χ3v) is 6.93. The van der Waals surface area contributed by atoms with E-state index in [4.69, 9.17) is 0 Å². The van der Waals surface area contributed by atoms with Crippen LogP contribution < -0.4 is 5.32 Å². The van der Waals surface area contributed by atoms with Crippen LogP contribution in [0.4, 0.5) is 8.78 Å². The van der Waals surface area contributed by atoms with Crippen LogP contribution >= 0.6 is 0 Å². The number of allylic oxidation sites excluding steroid dienone is 2. The van der Waals surface area contributed by atoms with Gasteiger partial charge in [0.15, 0.2) is 0 Å². The van der Waals surface area contributed by atoms with Gasteiger partial charge in [0, 0.05) is 42.5 Å². The van der Waals surface area contributed by atoms with E-state index in [9.17, 15) is 23.5 Å². The zero-order valence-corrected chi connectivity index (χ0v) is 18.7. The summed E-state index contributed by atoms with van der Waals surface area (Å²) in [5.74, 6) is -2.10. The molecule has 2 saturated heterocycles. The summed E-state index contributed by atoms with van der Waals surface area (Å²) < 4.78 is 27.3. The molecule has 4 rings (SSSR count). The number of hydrogen-bond donors (Lipinski definition) is 2. The van der Waals surface area contributed by atoms with Crippen molar-refractivity contribution in [3.05, 3.63) is 58.1 Å². The van der Waals surface area contributed by atoms with Gasteiger partial charge in [0.05, 0.1) is 11.5 Å². The Balaban J connectivity index is 1.72. The van der Waals surface area contributed by atoms with Crippen LogP contribution in [0.2, 0.25) is 0 Å². The lowest BCUT2D eigenvalue weighted by molar-refractivity contribution is -0.133. The van der Waals surface area contributed by atoms with E-state index >= 15 is 0 Å². The van der Waals surface area contributed by atoms with Crippen molar-refractivity contribution in [2.24, 2.45) is 5.41 Å². The summed E-state index contributed by atoms with van der Waals surface area (Å²) >= 11 is 0. The van der Waals surface area contributed by atoms with Crippen molar-refractivity contribution >= 4 is 11.8 Å². The molecule has 2 fully saturated rings. The maximum Gasteiger partial charge on any atom is 0.274 e. The highest BCUT2D eigenvalue weighted by Crippen LogP contribution is 2.52. The number of carbonyl (C=O) groups is 2.